The average molecular weight is 352 g/mol. The van der Waals surface area contributed by atoms with Gasteiger partial charge in [-0.1, -0.05) is 13.3 Å². The van der Waals surface area contributed by atoms with Gasteiger partial charge in [-0.3, -0.25) is 4.68 Å². The maximum Gasteiger partial charge on any atom is 0.420 e. The molecular formula is C15H17F5N2O2. The lowest BCUT2D eigenvalue weighted by atomic mass is 9.67. The lowest BCUT2D eigenvalue weighted by molar-refractivity contribution is -0.160. The topological polar surface area (TPSA) is 55.1 Å². The van der Waals surface area contributed by atoms with Crippen LogP contribution in [0.5, 0.6) is 0 Å². The second kappa shape index (κ2) is 5.16. The fraction of sp³-hybridized carbons (Fsp3) is 0.733. The predicted octanol–water partition coefficient (Wildman–Crippen LogP) is 4.30. The number of hydrogen-bond acceptors (Lipinski definition) is 2. The van der Waals surface area contributed by atoms with Gasteiger partial charge in [0.2, 0.25) is 5.92 Å². The van der Waals surface area contributed by atoms with E-state index in [1.807, 2.05) is 0 Å². The van der Waals surface area contributed by atoms with Crippen molar-refractivity contribution in [3.63, 3.8) is 0 Å². The van der Waals surface area contributed by atoms with Gasteiger partial charge in [0.1, 0.15) is 5.56 Å². The van der Waals surface area contributed by atoms with E-state index in [0.717, 1.165) is 11.1 Å². The van der Waals surface area contributed by atoms with Crippen LogP contribution in [0.4, 0.5) is 22.0 Å². The lowest BCUT2D eigenvalue weighted by Gasteiger charge is -2.44. The summed E-state index contributed by atoms with van der Waals surface area (Å²) in [6.45, 7) is 1.24. The molecule has 1 N–H and O–H groups in total. The van der Waals surface area contributed by atoms with Gasteiger partial charge in [0, 0.05) is 25.3 Å². The maximum absolute atomic E-state index is 13.4. The summed E-state index contributed by atoms with van der Waals surface area (Å²) < 4.78 is 67.3. The monoisotopic (exact) mass is 352 g/mol. The molecule has 0 bridgehead atoms. The first kappa shape index (κ1) is 17.2. The highest BCUT2D eigenvalue weighted by Crippen LogP contribution is 2.53. The van der Waals surface area contributed by atoms with E-state index in [4.69, 9.17) is 0 Å². The van der Waals surface area contributed by atoms with Gasteiger partial charge in [-0.2, -0.15) is 18.3 Å². The van der Waals surface area contributed by atoms with Gasteiger partial charge in [0.05, 0.1) is 5.69 Å². The minimum atomic E-state index is -4.85. The molecule has 2 aliphatic rings. The first-order valence-corrected chi connectivity index (χ1v) is 7.71. The van der Waals surface area contributed by atoms with Crippen molar-refractivity contribution < 1.29 is 31.9 Å². The van der Waals surface area contributed by atoms with Crippen molar-refractivity contribution in [2.45, 2.75) is 63.6 Å². The Morgan fingerprint density at radius 3 is 2.29 bits per heavy atom. The Labute approximate surface area is 134 Å². The highest BCUT2D eigenvalue weighted by molar-refractivity contribution is 5.88. The third kappa shape index (κ3) is 2.88. The fourth-order valence-corrected chi connectivity index (χ4v) is 3.73. The zero-order valence-corrected chi connectivity index (χ0v) is 13.0. The third-order valence-corrected chi connectivity index (χ3v) is 4.86. The molecule has 0 aliphatic heterocycles. The van der Waals surface area contributed by atoms with Crippen LogP contribution in [0.15, 0.2) is 0 Å². The molecule has 2 saturated carbocycles. The van der Waals surface area contributed by atoms with Gasteiger partial charge in [-0.25, -0.2) is 13.6 Å². The van der Waals surface area contributed by atoms with Crippen molar-refractivity contribution in [2.24, 2.45) is 5.41 Å². The van der Waals surface area contributed by atoms with E-state index in [9.17, 15) is 31.9 Å². The smallest absolute Gasteiger partial charge is 0.420 e. The highest BCUT2D eigenvalue weighted by Gasteiger charge is 2.54. The van der Waals surface area contributed by atoms with E-state index in [-0.39, 0.29) is 12.2 Å². The third-order valence-electron chi connectivity index (χ3n) is 4.86. The molecule has 134 valence electrons. The minimum Gasteiger partial charge on any atom is -0.477 e. The molecule has 1 aromatic rings. The molecule has 0 aromatic carbocycles. The molecule has 2 fully saturated rings. The molecule has 0 amide bonds. The molecule has 9 heteroatoms. The first-order valence-electron chi connectivity index (χ1n) is 7.71. The van der Waals surface area contributed by atoms with Gasteiger partial charge in [0.15, 0.2) is 5.69 Å². The van der Waals surface area contributed by atoms with Crippen LogP contribution in [0.2, 0.25) is 0 Å². The Kier molecular flexibility index (Phi) is 3.69. The van der Waals surface area contributed by atoms with Gasteiger partial charge < -0.3 is 5.11 Å². The molecule has 0 saturated heterocycles. The Hall–Kier alpha value is -1.67. The number of aromatic nitrogens is 2. The summed E-state index contributed by atoms with van der Waals surface area (Å²) in [5.74, 6) is -5.01. The lowest BCUT2D eigenvalue weighted by Crippen LogP contribution is -2.47. The van der Waals surface area contributed by atoms with Crippen LogP contribution in [0.3, 0.4) is 0 Å². The molecule has 0 radical (unpaired) electrons. The van der Waals surface area contributed by atoms with E-state index in [0.29, 0.717) is 12.8 Å². The Balaban J connectivity index is 2.02. The van der Waals surface area contributed by atoms with Gasteiger partial charge in [-0.15, -0.1) is 0 Å². The molecule has 1 aromatic heterocycles. The summed E-state index contributed by atoms with van der Waals surface area (Å²) in [6, 6.07) is 0. The molecule has 24 heavy (non-hydrogen) atoms. The van der Waals surface area contributed by atoms with Crippen LogP contribution >= 0.6 is 0 Å². The van der Waals surface area contributed by atoms with E-state index in [1.54, 1.807) is 0 Å². The number of carboxylic acid groups (broad SMARTS) is 1. The minimum absolute atomic E-state index is 0.263. The first-order chi connectivity index (χ1) is 10.9. The zero-order valence-electron chi connectivity index (χ0n) is 13.0. The molecule has 4 nitrogen and oxygen atoms in total. The largest absolute Gasteiger partial charge is 0.477 e. The van der Waals surface area contributed by atoms with Crippen molar-refractivity contribution >= 4 is 5.97 Å². The summed E-state index contributed by atoms with van der Waals surface area (Å²) in [5, 5.41) is 13.2. The maximum atomic E-state index is 13.4. The van der Waals surface area contributed by atoms with Crippen molar-refractivity contribution in [1.29, 1.82) is 0 Å². The molecule has 3 rings (SSSR count). The highest BCUT2D eigenvalue weighted by atomic mass is 19.4. The average Bonchev–Trinajstić information content (AvgIpc) is 2.61. The van der Waals surface area contributed by atoms with Crippen LogP contribution in [-0.2, 0) is 12.7 Å². The number of carbonyl (C=O) groups is 1. The van der Waals surface area contributed by atoms with Crippen LogP contribution in [0.25, 0.3) is 0 Å². The molecule has 2 aliphatic carbocycles. The van der Waals surface area contributed by atoms with E-state index >= 15 is 0 Å². The summed E-state index contributed by atoms with van der Waals surface area (Å²) in [6.07, 6.45) is -4.01. The predicted molar refractivity (Wildman–Crippen MR) is 73.1 cm³/mol. The summed E-state index contributed by atoms with van der Waals surface area (Å²) in [7, 11) is 0. The van der Waals surface area contributed by atoms with Gasteiger partial charge >= 0.3 is 12.1 Å². The van der Waals surface area contributed by atoms with Crippen LogP contribution in [0, 0.1) is 5.41 Å². The number of carboxylic acids is 1. The molecular weight excluding hydrogens is 335 g/mol. The van der Waals surface area contributed by atoms with Crippen LogP contribution in [-0.4, -0.2) is 26.8 Å². The number of rotatable bonds is 4. The normalized spacial score (nSPS) is 22.8. The number of alkyl halides is 5. The second-order valence-corrected chi connectivity index (χ2v) is 7.22. The number of halogens is 5. The van der Waals surface area contributed by atoms with Gasteiger partial charge in [-0.05, 0) is 18.3 Å². The zero-order chi connectivity index (χ0) is 17.9. The molecule has 0 unspecified atom stereocenters. The van der Waals surface area contributed by atoms with Crippen molar-refractivity contribution in [1.82, 2.24) is 9.78 Å². The van der Waals surface area contributed by atoms with Gasteiger partial charge in [0.25, 0.3) is 0 Å². The molecule has 1 heterocycles. The Morgan fingerprint density at radius 2 is 1.92 bits per heavy atom. The fourth-order valence-electron chi connectivity index (χ4n) is 3.73. The standard InChI is InChI=1S/C15H17F5N2O2/c1-13(5-14(16,17)6-13)7-22-11(12(23)24)9(15(18,19)20)10(21-22)8-3-2-4-8/h8H,2-7H2,1H3,(H,23,24). The SMILES string of the molecule is CC1(Cn2nc(C3CCC3)c(C(F)(F)F)c2C(=O)O)CC(F)(F)C1. The van der Waals surface area contributed by atoms with Crippen molar-refractivity contribution in [2.75, 3.05) is 0 Å². The Bertz CT molecular complexity index is 668. The van der Waals surface area contributed by atoms with Crippen molar-refractivity contribution in [3.8, 4) is 0 Å². The molecule has 0 atom stereocenters. The summed E-state index contributed by atoms with van der Waals surface area (Å²) in [4.78, 5) is 11.4. The van der Waals surface area contributed by atoms with Crippen molar-refractivity contribution in [3.05, 3.63) is 17.0 Å². The van der Waals surface area contributed by atoms with Crippen LogP contribution in [0.1, 0.15) is 66.7 Å². The summed E-state index contributed by atoms with van der Waals surface area (Å²) in [5.41, 5.74) is -3.39. The van der Waals surface area contributed by atoms with E-state index in [1.165, 1.54) is 6.92 Å². The number of hydrogen-bond donors (Lipinski definition) is 1. The number of aromatic carboxylic acids is 1. The molecule has 0 spiro atoms. The van der Waals surface area contributed by atoms with E-state index < -0.39 is 53.5 Å². The summed E-state index contributed by atoms with van der Waals surface area (Å²) >= 11 is 0. The Morgan fingerprint density at radius 1 is 1.33 bits per heavy atom. The number of nitrogens with zero attached hydrogens (tertiary/aromatic N) is 2. The van der Waals surface area contributed by atoms with Crippen LogP contribution < -0.4 is 0 Å². The second-order valence-electron chi connectivity index (χ2n) is 7.22. The van der Waals surface area contributed by atoms with E-state index in [2.05, 4.69) is 5.10 Å². The quantitative estimate of drug-likeness (QED) is 0.822.